The molecule has 12 heteroatoms. The van der Waals surface area contributed by atoms with Crippen LogP contribution in [0.2, 0.25) is 0 Å². The third-order valence-corrected chi connectivity index (χ3v) is 8.04. The van der Waals surface area contributed by atoms with Gasteiger partial charge in [0.15, 0.2) is 0 Å². The summed E-state index contributed by atoms with van der Waals surface area (Å²) in [6.45, 7) is 11.7. The largest absolute Gasteiger partial charge is 0.453 e. The lowest BCUT2D eigenvalue weighted by atomic mass is 9.94. The number of amides is 2. The molecule has 2 aromatic carbocycles. The fraction of sp³-hybridized carbons (Fsp3) is 0.545. The third kappa shape index (κ3) is 9.73. The fourth-order valence-electron chi connectivity index (χ4n) is 5.50. The lowest BCUT2D eigenvalue weighted by Gasteiger charge is -2.26. The number of nitrogens with two attached hydrogens (primary N) is 1. The van der Waals surface area contributed by atoms with E-state index in [1.165, 1.54) is 14.2 Å². The zero-order valence-electron chi connectivity index (χ0n) is 27.1. The number of carbonyl (C=O) groups is 2. The molecule has 5 N–H and O–H groups in total. The van der Waals surface area contributed by atoms with Crippen molar-refractivity contribution in [1.82, 2.24) is 9.55 Å². The molecule has 45 heavy (non-hydrogen) atoms. The first kappa shape index (κ1) is 33.9. The Morgan fingerprint density at radius 3 is 2.00 bits per heavy atom. The number of carbonyl (C=O) groups excluding carboxylic acids is 2. The van der Waals surface area contributed by atoms with E-state index >= 15 is 0 Å². The van der Waals surface area contributed by atoms with Gasteiger partial charge in [0, 0.05) is 56.3 Å². The van der Waals surface area contributed by atoms with E-state index in [0.717, 1.165) is 87.7 Å². The van der Waals surface area contributed by atoms with Crippen LogP contribution in [0.5, 0.6) is 0 Å². The number of methoxy groups -OCH3 is 2. The van der Waals surface area contributed by atoms with Gasteiger partial charge in [-0.15, -0.1) is 0 Å². The van der Waals surface area contributed by atoms with E-state index in [0.29, 0.717) is 28.9 Å². The molecule has 2 amide bonds. The highest BCUT2D eigenvalue weighted by Crippen LogP contribution is 2.30. The summed E-state index contributed by atoms with van der Waals surface area (Å²) >= 11 is 0. The minimum absolute atomic E-state index is 0.0554. The zero-order valence-corrected chi connectivity index (χ0v) is 27.1. The maximum Gasteiger partial charge on any atom is 0.411 e. The van der Waals surface area contributed by atoms with E-state index in [2.05, 4.69) is 50.8 Å². The molecular formula is C33H48N6O6. The van der Waals surface area contributed by atoms with Gasteiger partial charge in [0.1, 0.15) is 5.82 Å². The SMILES string of the molecule is COC(=O)Nc1ccc(NCC2CCOCC2)c(N)c1.COC(=O)Nc1ccc2c(c1)nc(C(C)(C)C)n2CC1CCOCC1. The maximum atomic E-state index is 11.4. The topological polar surface area (TPSA) is 151 Å². The minimum atomic E-state index is -0.507. The normalized spacial score (nSPS) is 15.9. The lowest BCUT2D eigenvalue weighted by molar-refractivity contribution is 0.0611. The number of ether oxygens (including phenoxy) is 4. The van der Waals surface area contributed by atoms with Gasteiger partial charge in [0.05, 0.1) is 36.6 Å². The quantitative estimate of drug-likeness (QED) is 0.224. The van der Waals surface area contributed by atoms with Gasteiger partial charge in [-0.05, 0) is 73.9 Å². The van der Waals surface area contributed by atoms with Crippen molar-refractivity contribution in [3.63, 3.8) is 0 Å². The van der Waals surface area contributed by atoms with Crippen LogP contribution in [0.15, 0.2) is 36.4 Å². The highest BCUT2D eigenvalue weighted by atomic mass is 16.5. The number of benzene rings is 2. The highest BCUT2D eigenvalue weighted by Gasteiger charge is 2.25. The molecule has 0 radical (unpaired) electrons. The Bertz CT molecular complexity index is 1420. The molecule has 3 heterocycles. The van der Waals surface area contributed by atoms with Crippen LogP contribution >= 0.6 is 0 Å². The fourth-order valence-corrected chi connectivity index (χ4v) is 5.50. The van der Waals surface area contributed by atoms with Crippen LogP contribution in [-0.2, 0) is 30.9 Å². The molecule has 246 valence electrons. The summed E-state index contributed by atoms with van der Waals surface area (Å²) in [5.74, 6) is 2.31. The number of nitrogen functional groups attached to an aromatic ring is 1. The maximum absolute atomic E-state index is 11.4. The van der Waals surface area contributed by atoms with Gasteiger partial charge in [-0.2, -0.15) is 0 Å². The number of nitrogens with zero attached hydrogens (tertiary/aromatic N) is 2. The van der Waals surface area contributed by atoms with E-state index in [-0.39, 0.29) is 5.41 Å². The predicted octanol–water partition coefficient (Wildman–Crippen LogP) is 6.22. The molecule has 5 rings (SSSR count). The van der Waals surface area contributed by atoms with Gasteiger partial charge in [-0.25, -0.2) is 14.6 Å². The van der Waals surface area contributed by atoms with Gasteiger partial charge in [0.2, 0.25) is 0 Å². The van der Waals surface area contributed by atoms with Crippen LogP contribution in [0.1, 0.15) is 52.3 Å². The van der Waals surface area contributed by atoms with Crippen molar-refractivity contribution in [2.24, 2.45) is 11.8 Å². The van der Waals surface area contributed by atoms with Crippen LogP contribution in [0, 0.1) is 11.8 Å². The van der Waals surface area contributed by atoms with Crippen LogP contribution in [0.3, 0.4) is 0 Å². The summed E-state index contributed by atoms with van der Waals surface area (Å²) in [7, 11) is 2.68. The summed E-state index contributed by atoms with van der Waals surface area (Å²) in [5.41, 5.74) is 10.7. The Morgan fingerprint density at radius 1 is 0.889 bits per heavy atom. The molecule has 1 aromatic heterocycles. The minimum Gasteiger partial charge on any atom is -0.453 e. The van der Waals surface area contributed by atoms with Crippen molar-refractivity contribution in [1.29, 1.82) is 0 Å². The molecule has 2 fully saturated rings. The second-order valence-electron chi connectivity index (χ2n) is 12.5. The van der Waals surface area contributed by atoms with Crippen molar-refractivity contribution in [2.45, 2.75) is 58.4 Å². The number of rotatable bonds is 7. The Labute approximate surface area is 265 Å². The highest BCUT2D eigenvalue weighted by molar-refractivity contribution is 5.89. The molecule has 2 aliphatic rings. The summed E-state index contributed by atoms with van der Waals surface area (Å²) in [5, 5.41) is 8.64. The molecule has 0 spiro atoms. The van der Waals surface area contributed by atoms with Gasteiger partial charge < -0.3 is 34.6 Å². The summed E-state index contributed by atoms with van der Waals surface area (Å²) in [6, 6.07) is 11.2. The van der Waals surface area contributed by atoms with E-state index in [1.54, 1.807) is 12.1 Å². The molecule has 0 unspecified atom stereocenters. The van der Waals surface area contributed by atoms with Crippen molar-refractivity contribution in [3.8, 4) is 0 Å². The summed E-state index contributed by atoms with van der Waals surface area (Å²) in [6.07, 6.45) is 3.35. The first-order chi connectivity index (χ1) is 21.6. The van der Waals surface area contributed by atoms with Gasteiger partial charge in [-0.1, -0.05) is 20.8 Å². The summed E-state index contributed by atoms with van der Waals surface area (Å²) in [4.78, 5) is 27.4. The van der Waals surface area contributed by atoms with Crippen LogP contribution in [0.4, 0.5) is 32.3 Å². The van der Waals surface area contributed by atoms with Gasteiger partial charge >= 0.3 is 12.2 Å². The molecule has 2 aliphatic heterocycles. The molecule has 0 saturated carbocycles. The van der Waals surface area contributed by atoms with Crippen LogP contribution < -0.4 is 21.7 Å². The average molecular weight is 625 g/mol. The molecule has 3 aromatic rings. The Hall–Kier alpha value is -4.03. The van der Waals surface area contributed by atoms with Gasteiger partial charge in [-0.3, -0.25) is 10.6 Å². The average Bonchev–Trinajstić information content (AvgIpc) is 3.40. The molecule has 0 aliphatic carbocycles. The Balaban J connectivity index is 0.000000210. The predicted molar refractivity (Wildman–Crippen MR) is 177 cm³/mol. The van der Waals surface area contributed by atoms with Crippen molar-refractivity contribution in [3.05, 3.63) is 42.2 Å². The number of hydrogen-bond acceptors (Lipinski definition) is 9. The second-order valence-corrected chi connectivity index (χ2v) is 12.5. The molecule has 0 atom stereocenters. The first-order valence-electron chi connectivity index (χ1n) is 15.6. The second kappa shape index (κ2) is 15.8. The number of aromatic nitrogens is 2. The van der Waals surface area contributed by atoms with Crippen LogP contribution in [-0.4, -0.2) is 68.9 Å². The molecule has 12 nitrogen and oxygen atoms in total. The Morgan fingerprint density at radius 2 is 1.44 bits per heavy atom. The van der Waals surface area contributed by atoms with E-state index < -0.39 is 12.2 Å². The number of hydrogen-bond donors (Lipinski definition) is 4. The van der Waals surface area contributed by atoms with E-state index in [4.69, 9.17) is 20.2 Å². The number of fused-ring (bicyclic) bond motifs is 1. The Kier molecular flexibility index (Phi) is 11.9. The first-order valence-corrected chi connectivity index (χ1v) is 15.6. The zero-order chi connectivity index (χ0) is 32.4. The monoisotopic (exact) mass is 624 g/mol. The molecule has 2 saturated heterocycles. The molecular weight excluding hydrogens is 576 g/mol. The standard InChI is InChI=1S/C19H27N3O3.C14H21N3O3/c1-19(2,3)17-21-15-11-14(20-18(23)24-4)5-6-16(15)22(17)12-13-7-9-25-10-8-13;1-19-14(18)17-11-2-3-13(12(15)8-11)16-9-10-4-6-20-7-5-10/h5-6,11,13H,7-10,12H2,1-4H3,(H,20,23);2-3,8,10,16H,4-7,9,15H2,1H3,(H,17,18). The third-order valence-electron chi connectivity index (χ3n) is 8.04. The molecule has 0 bridgehead atoms. The number of anilines is 4. The number of imidazole rings is 1. The van der Waals surface area contributed by atoms with Crippen LogP contribution in [0.25, 0.3) is 11.0 Å². The van der Waals surface area contributed by atoms with Crippen molar-refractivity contribution in [2.75, 3.05) is 68.9 Å². The smallest absolute Gasteiger partial charge is 0.411 e. The van der Waals surface area contributed by atoms with Gasteiger partial charge in [0.25, 0.3) is 0 Å². The van der Waals surface area contributed by atoms with Crippen molar-refractivity contribution < 1.29 is 28.5 Å². The van der Waals surface area contributed by atoms with Crippen molar-refractivity contribution >= 4 is 46.0 Å². The number of nitrogens with one attached hydrogen (secondary N) is 3. The lowest BCUT2D eigenvalue weighted by Crippen LogP contribution is -2.25. The van der Waals surface area contributed by atoms with E-state index in [1.807, 2.05) is 24.3 Å². The summed E-state index contributed by atoms with van der Waals surface area (Å²) < 4.78 is 22.4. The van der Waals surface area contributed by atoms with E-state index in [9.17, 15) is 9.59 Å².